The van der Waals surface area contributed by atoms with Crippen molar-refractivity contribution in [2.24, 2.45) is 23.2 Å². The molecule has 4 aliphatic carbocycles. The van der Waals surface area contributed by atoms with Crippen LogP contribution in [0.2, 0.25) is 0 Å². The number of aliphatic hydroxyl groups is 1. The van der Waals surface area contributed by atoms with Crippen LogP contribution in [0.15, 0.2) is 30.3 Å². The van der Waals surface area contributed by atoms with E-state index in [9.17, 15) is 5.11 Å². The number of hydrogen-bond donors (Lipinski definition) is 1. The molecule has 2 nitrogen and oxygen atoms in total. The van der Waals surface area contributed by atoms with Gasteiger partial charge in [0.2, 0.25) is 0 Å². The van der Waals surface area contributed by atoms with Crippen LogP contribution in [0.25, 0.3) is 0 Å². The Kier molecular flexibility index (Phi) is 4.08. The maximum atomic E-state index is 11.9. The van der Waals surface area contributed by atoms with Crippen molar-refractivity contribution in [1.29, 1.82) is 0 Å². The van der Waals surface area contributed by atoms with Crippen LogP contribution in [0, 0.1) is 23.2 Å². The van der Waals surface area contributed by atoms with Crippen molar-refractivity contribution in [2.75, 3.05) is 14.1 Å². The Balaban J connectivity index is 0.00000144. The zero-order valence-electron chi connectivity index (χ0n) is 13.7. The third-order valence-corrected chi connectivity index (χ3v) is 6.60. The van der Waals surface area contributed by atoms with E-state index in [-0.39, 0.29) is 17.8 Å². The normalized spacial score (nSPS) is 38.6. The molecule has 0 amide bonds. The second-order valence-electron chi connectivity index (χ2n) is 8.13. The molecule has 1 atom stereocenters. The molecule has 3 heteroatoms. The van der Waals surface area contributed by atoms with Crippen LogP contribution in [0.1, 0.15) is 44.1 Å². The van der Waals surface area contributed by atoms with Gasteiger partial charge in [-0.25, -0.2) is 0 Å². The van der Waals surface area contributed by atoms with E-state index in [0.717, 1.165) is 23.3 Å². The molecule has 122 valence electrons. The average Bonchev–Trinajstić information content (AvgIpc) is 2.45. The van der Waals surface area contributed by atoms with Gasteiger partial charge in [-0.05, 0) is 75.9 Å². The highest BCUT2D eigenvalue weighted by atomic mass is 35.5. The minimum atomic E-state index is -0.815. The third kappa shape index (κ3) is 2.15. The van der Waals surface area contributed by atoms with Crippen LogP contribution >= 0.6 is 12.4 Å². The minimum absolute atomic E-state index is 0. The summed E-state index contributed by atoms with van der Waals surface area (Å²) in [6.07, 6.45) is 7.88. The van der Waals surface area contributed by atoms with Gasteiger partial charge in [0.1, 0.15) is 5.72 Å². The average molecular weight is 322 g/mol. The molecule has 0 aromatic heterocycles. The van der Waals surface area contributed by atoms with Crippen molar-refractivity contribution < 1.29 is 5.11 Å². The van der Waals surface area contributed by atoms with Gasteiger partial charge in [0.05, 0.1) is 0 Å². The molecule has 0 aliphatic heterocycles. The second-order valence-corrected chi connectivity index (χ2v) is 8.13. The van der Waals surface area contributed by atoms with Gasteiger partial charge in [-0.15, -0.1) is 12.4 Å². The maximum Gasteiger partial charge on any atom is 0.149 e. The van der Waals surface area contributed by atoms with E-state index in [4.69, 9.17) is 0 Å². The van der Waals surface area contributed by atoms with Gasteiger partial charge in [-0.3, -0.25) is 4.90 Å². The first-order valence-electron chi connectivity index (χ1n) is 8.49. The predicted octanol–water partition coefficient (Wildman–Crippen LogP) is 4.03. The Hall–Kier alpha value is -0.570. The molecule has 4 saturated carbocycles. The molecular weight excluding hydrogens is 294 g/mol. The fraction of sp³-hybridized carbons (Fsp3) is 0.684. The van der Waals surface area contributed by atoms with E-state index < -0.39 is 5.72 Å². The van der Waals surface area contributed by atoms with Crippen molar-refractivity contribution in [3.63, 3.8) is 0 Å². The number of nitrogens with zero attached hydrogens (tertiary/aromatic N) is 1. The van der Waals surface area contributed by atoms with E-state index in [2.05, 4.69) is 29.2 Å². The molecule has 4 fully saturated rings. The van der Waals surface area contributed by atoms with Crippen molar-refractivity contribution in [1.82, 2.24) is 4.90 Å². The standard InChI is InChI=1S/C19H27NO.ClH/c1-20(2)19(21,17-6-4-3-5-7-17)18-11-14-8-15(12-18)10-16(9-14)13-18;/h3-7,14-16,21H,8-13H2,1-2H3;1H. The van der Waals surface area contributed by atoms with Crippen LogP contribution in [0.3, 0.4) is 0 Å². The molecule has 1 aromatic carbocycles. The van der Waals surface area contributed by atoms with Crippen LogP contribution in [-0.2, 0) is 5.72 Å². The summed E-state index contributed by atoms with van der Waals surface area (Å²) in [7, 11) is 4.09. The van der Waals surface area contributed by atoms with Gasteiger partial charge in [-0.2, -0.15) is 0 Å². The van der Waals surface area contributed by atoms with Gasteiger partial charge in [-0.1, -0.05) is 30.3 Å². The van der Waals surface area contributed by atoms with E-state index in [1.807, 2.05) is 20.2 Å². The third-order valence-electron chi connectivity index (χ3n) is 6.60. The number of halogens is 1. The summed E-state index contributed by atoms with van der Waals surface area (Å²) in [5.41, 5.74) is 0.327. The van der Waals surface area contributed by atoms with Crippen LogP contribution in [-0.4, -0.2) is 24.1 Å². The van der Waals surface area contributed by atoms with Crippen LogP contribution in [0.4, 0.5) is 0 Å². The molecule has 4 aliphatic rings. The lowest BCUT2D eigenvalue weighted by molar-refractivity contribution is -0.245. The Morgan fingerprint density at radius 2 is 1.41 bits per heavy atom. The molecule has 0 radical (unpaired) electrons. The number of hydrogen-bond acceptors (Lipinski definition) is 2. The maximum absolute atomic E-state index is 11.9. The Labute approximate surface area is 140 Å². The summed E-state index contributed by atoms with van der Waals surface area (Å²) in [5, 5.41) is 11.9. The van der Waals surface area contributed by atoms with Gasteiger partial charge in [0, 0.05) is 5.41 Å². The minimum Gasteiger partial charge on any atom is -0.371 e. The molecule has 5 rings (SSSR count). The van der Waals surface area contributed by atoms with E-state index in [1.54, 1.807) is 0 Å². The van der Waals surface area contributed by atoms with E-state index in [1.165, 1.54) is 38.5 Å². The first-order valence-corrected chi connectivity index (χ1v) is 8.49. The highest BCUT2D eigenvalue weighted by molar-refractivity contribution is 5.85. The summed E-state index contributed by atoms with van der Waals surface area (Å²) in [6, 6.07) is 10.4. The van der Waals surface area contributed by atoms with Gasteiger partial charge >= 0.3 is 0 Å². The van der Waals surface area contributed by atoms with Gasteiger partial charge in [0.15, 0.2) is 0 Å². The fourth-order valence-corrected chi connectivity index (χ4v) is 6.25. The molecule has 4 bridgehead atoms. The molecule has 1 aromatic rings. The molecular formula is C19H28ClNO. The zero-order chi connectivity index (χ0) is 14.7. The Morgan fingerprint density at radius 3 is 1.82 bits per heavy atom. The largest absolute Gasteiger partial charge is 0.371 e. The lowest BCUT2D eigenvalue weighted by Crippen LogP contribution is -2.62. The topological polar surface area (TPSA) is 23.5 Å². The molecule has 0 heterocycles. The smallest absolute Gasteiger partial charge is 0.149 e. The summed E-state index contributed by atoms with van der Waals surface area (Å²) < 4.78 is 0. The zero-order valence-corrected chi connectivity index (χ0v) is 14.5. The van der Waals surface area contributed by atoms with Crippen molar-refractivity contribution in [2.45, 2.75) is 44.2 Å². The highest BCUT2D eigenvalue weighted by Crippen LogP contribution is 2.66. The Morgan fingerprint density at radius 1 is 0.955 bits per heavy atom. The first kappa shape index (κ1) is 16.3. The van der Waals surface area contributed by atoms with Crippen molar-refractivity contribution in [3.8, 4) is 0 Å². The lowest BCUT2D eigenvalue weighted by atomic mass is 9.46. The second kappa shape index (κ2) is 5.51. The SMILES string of the molecule is CN(C)C(O)(c1ccccc1)C12CC3CC(CC(C3)C1)C2.Cl. The van der Waals surface area contributed by atoms with Crippen molar-refractivity contribution in [3.05, 3.63) is 35.9 Å². The lowest BCUT2D eigenvalue weighted by Gasteiger charge is -2.63. The predicted molar refractivity (Wildman–Crippen MR) is 91.9 cm³/mol. The summed E-state index contributed by atoms with van der Waals surface area (Å²) >= 11 is 0. The van der Waals surface area contributed by atoms with E-state index in [0.29, 0.717) is 0 Å². The van der Waals surface area contributed by atoms with Crippen LogP contribution < -0.4 is 0 Å². The first-order chi connectivity index (χ1) is 10.0. The molecule has 0 saturated heterocycles. The number of rotatable bonds is 3. The van der Waals surface area contributed by atoms with Gasteiger partial charge < -0.3 is 5.11 Å². The summed E-state index contributed by atoms with van der Waals surface area (Å²) in [6.45, 7) is 0. The molecule has 1 unspecified atom stereocenters. The molecule has 1 N–H and O–H groups in total. The van der Waals surface area contributed by atoms with Crippen LogP contribution in [0.5, 0.6) is 0 Å². The van der Waals surface area contributed by atoms with Crippen molar-refractivity contribution >= 4 is 12.4 Å². The Bertz CT molecular complexity index is 494. The van der Waals surface area contributed by atoms with E-state index >= 15 is 0 Å². The van der Waals surface area contributed by atoms with Gasteiger partial charge in [0.25, 0.3) is 0 Å². The number of benzene rings is 1. The fourth-order valence-electron chi connectivity index (χ4n) is 6.25. The molecule has 22 heavy (non-hydrogen) atoms. The quantitative estimate of drug-likeness (QED) is 0.850. The highest BCUT2D eigenvalue weighted by Gasteiger charge is 2.61. The summed E-state index contributed by atoms with van der Waals surface area (Å²) in [4.78, 5) is 2.08. The molecule has 0 spiro atoms. The summed E-state index contributed by atoms with van der Waals surface area (Å²) in [5.74, 6) is 2.56. The monoisotopic (exact) mass is 321 g/mol.